The number of hydrogen-bond donors (Lipinski definition) is 1. The summed E-state index contributed by atoms with van der Waals surface area (Å²) >= 11 is 0. The van der Waals surface area contributed by atoms with Crippen LogP contribution in [-0.4, -0.2) is 18.2 Å². The summed E-state index contributed by atoms with van der Waals surface area (Å²) < 4.78 is 4.97. The van der Waals surface area contributed by atoms with Crippen LogP contribution in [0.4, 0.5) is 0 Å². The molecular formula is C12H11NO3. The minimum Gasteiger partial charge on any atom is -0.494 e. The van der Waals surface area contributed by atoms with Gasteiger partial charge in [-0.05, 0) is 6.92 Å². The van der Waals surface area contributed by atoms with Crippen molar-refractivity contribution in [1.82, 2.24) is 0 Å². The second-order valence-corrected chi connectivity index (χ2v) is 3.19. The Morgan fingerprint density at radius 3 is 2.31 bits per heavy atom. The molecule has 0 fully saturated rings. The van der Waals surface area contributed by atoms with Crippen LogP contribution in [0.1, 0.15) is 11.1 Å². The van der Waals surface area contributed by atoms with Crippen LogP contribution in [0.25, 0.3) is 5.76 Å². The molecule has 4 heteroatoms. The van der Waals surface area contributed by atoms with Gasteiger partial charge in [0.1, 0.15) is 6.07 Å². The number of rotatable bonds is 3. The third-order valence-electron chi connectivity index (χ3n) is 2.07. The maximum atomic E-state index is 10.8. The van der Waals surface area contributed by atoms with Gasteiger partial charge in [-0.3, -0.25) is 0 Å². The van der Waals surface area contributed by atoms with E-state index in [1.807, 2.05) is 19.1 Å². The van der Waals surface area contributed by atoms with Crippen LogP contribution in [0.15, 0.2) is 29.8 Å². The van der Waals surface area contributed by atoms with E-state index in [2.05, 4.69) is 0 Å². The van der Waals surface area contributed by atoms with Gasteiger partial charge >= 0.3 is 5.97 Å². The maximum Gasteiger partial charge on any atom is 0.350 e. The molecule has 0 radical (unpaired) electrons. The maximum absolute atomic E-state index is 10.8. The highest BCUT2D eigenvalue weighted by molar-refractivity contribution is 5.99. The number of carbonyl (C=O) groups is 1. The number of aryl methyl sites for hydroxylation is 1. The Bertz CT molecular complexity index is 466. The van der Waals surface area contributed by atoms with Crippen molar-refractivity contribution in [2.24, 2.45) is 0 Å². The zero-order chi connectivity index (χ0) is 12.1. The lowest BCUT2D eigenvalue weighted by Crippen LogP contribution is -2.03. The first kappa shape index (κ1) is 11.8. The lowest BCUT2D eigenvalue weighted by atomic mass is 10.1. The number of ether oxygens (including phenoxy) is 1. The molecule has 0 aliphatic rings. The standard InChI is InChI=1S/C12H11NO3/c1-8-3-5-9(6-4-8)11(16-2)10(7-13)12(14)15/h3-6H,1-2H3,(H,14,15). The minimum absolute atomic E-state index is 0.0787. The highest BCUT2D eigenvalue weighted by atomic mass is 16.5. The van der Waals surface area contributed by atoms with E-state index in [-0.39, 0.29) is 5.76 Å². The Morgan fingerprint density at radius 1 is 1.38 bits per heavy atom. The molecule has 4 nitrogen and oxygen atoms in total. The predicted molar refractivity (Wildman–Crippen MR) is 58.4 cm³/mol. The van der Waals surface area contributed by atoms with Gasteiger partial charge in [-0.15, -0.1) is 0 Å². The summed E-state index contributed by atoms with van der Waals surface area (Å²) in [5.41, 5.74) is 1.23. The molecule has 0 aliphatic carbocycles. The first-order valence-corrected chi connectivity index (χ1v) is 4.59. The van der Waals surface area contributed by atoms with Crippen molar-refractivity contribution in [3.8, 4) is 6.07 Å². The number of methoxy groups -OCH3 is 1. The summed E-state index contributed by atoms with van der Waals surface area (Å²) in [6.07, 6.45) is 0. The van der Waals surface area contributed by atoms with Gasteiger partial charge in [-0.25, -0.2) is 4.79 Å². The van der Waals surface area contributed by atoms with Crippen LogP contribution >= 0.6 is 0 Å². The Labute approximate surface area is 93.4 Å². The smallest absolute Gasteiger partial charge is 0.350 e. The molecule has 1 rings (SSSR count). The van der Waals surface area contributed by atoms with E-state index in [1.54, 1.807) is 18.2 Å². The lowest BCUT2D eigenvalue weighted by Gasteiger charge is -2.07. The molecule has 0 heterocycles. The molecule has 0 saturated heterocycles. The fourth-order valence-corrected chi connectivity index (χ4v) is 1.26. The molecule has 82 valence electrons. The first-order valence-electron chi connectivity index (χ1n) is 4.59. The van der Waals surface area contributed by atoms with Crippen LogP contribution in [0.2, 0.25) is 0 Å². The average Bonchev–Trinajstić information content (AvgIpc) is 2.26. The van der Waals surface area contributed by atoms with Gasteiger partial charge in [0.25, 0.3) is 0 Å². The second kappa shape index (κ2) is 4.99. The lowest BCUT2D eigenvalue weighted by molar-refractivity contribution is -0.132. The van der Waals surface area contributed by atoms with Crippen LogP contribution in [-0.2, 0) is 9.53 Å². The quantitative estimate of drug-likeness (QED) is 0.477. The molecule has 0 saturated carbocycles. The number of carboxylic acids is 1. The number of benzene rings is 1. The Balaban J connectivity index is 3.32. The van der Waals surface area contributed by atoms with Crippen molar-refractivity contribution in [1.29, 1.82) is 5.26 Å². The number of carboxylic acid groups (broad SMARTS) is 1. The SMILES string of the molecule is COC(=C(C#N)C(=O)O)c1ccc(C)cc1. The molecule has 1 aromatic carbocycles. The van der Waals surface area contributed by atoms with Gasteiger partial charge in [0, 0.05) is 5.56 Å². The molecule has 0 aromatic heterocycles. The van der Waals surface area contributed by atoms with Crippen LogP contribution in [0, 0.1) is 18.3 Å². The number of hydrogen-bond acceptors (Lipinski definition) is 3. The van der Waals surface area contributed by atoms with Crippen LogP contribution in [0.5, 0.6) is 0 Å². The minimum atomic E-state index is -1.29. The van der Waals surface area contributed by atoms with Crippen molar-refractivity contribution in [2.45, 2.75) is 6.92 Å². The van der Waals surface area contributed by atoms with E-state index in [4.69, 9.17) is 15.1 Å². The zero-order valence-electron chi connectivity index (χ0n) is 9.02. The zero-order valence-corrected chi connectivity index (χ0v) is 9.02. The largest absolute Gasteiger partial charge is 0.494 e. The third kappa shape index (κ3) is 2.39. The van der Waals surface area contributed by atoms with Crippen molar-refractivity contribution < 1.29 is 14.6 Å². The summed E-state index contributed by atoms with van der Waals surface area (Å²) in [6.45, 7) is 1.92. The number of aliphatic carboxylic acids is 1. The number of nitrogens with zero attached hydrogens (tertiary/aromatic N) is 1. The fraction of sp³-hybridized carbons (Fsp3) is 0.167. The fourth-order valence-electron chi connectivity index (χ4n) is 1.26. The van der Waals surface area contributed by atoms with E-state index in [1.165, 1.54) is 7.11 Å². The normalized spacial score (nSPS) is 11.3. The highest BCUT2D eigenvalue weighted by Gasteiger charge is 2.16. The molecule has 0 bridgehead atoms. The van der Waals surface area contributed by atoms with Gasteiger partial charge in [-0.2, -0.15) is 5.26 Å². The molecule has 0 amide bonds. The van der Waals surface area contributed by atoms with Crippen LogP contribution < -0.4 is 0 Å². The first-order chi connectivity index (χ1) is 7.60. The van der Waals surface area contributed by atoms with Crippen molar-refractivity contribution >= 4 is 11.7 Å². The van der Waals surface area contributed by atoms with Gasteiger partial charge in [-0.1, -0.05) is 29.8 Å². The summed E-state index contributed by atoms with van der Waals surface area (Å²) in [6, 6.07) is 8.70. The molecule has 0 atom stereocenters. The van der Waals surface area contributed by atoms with Gasteiger partial charge in [0.15, 0.2) is 11.3 Å². The molecule has 1 N–H and O–H groups in total. The van der Waals surface area contributed by atoms with E-state index in [0.29, 0.717) is 5.56 Å². The molecule has 16 heavy (non-hydrogen) atoms. The molecule has 0 unspecified atom stereocenters. The topological polar surface area (TPSA) is 70.3 Å². The summed E-state index contributed by atoms with van der Waals surface area (Å²) in [5.74, 6) is -1.21. The average molecular weight is 217 g/mol. The predicted octanol–water partition coefficient (Wildman–Crippen LogP) is 1.96. The van der Waals surface area contributed by atoms with Crippen molar-refractivity contribution in [2.75, 3.05) is 7.11 Å². The van der Waals surface area contributed by atoms with E-state index in [0.717, 1.165) is 5.56 Å². The van der Waals surface area contributed by atoms with Crippen LogP contribution in [0.3, 0.4) is 0 Å². The van der Waals surface area contributed by atoms with E-state index in [9.17, 15) is 4.79 Å². The molecule has 0 spiro atoms. The summed E-state index contributed by atoms with van der Waals surface area (Å²) in [4.78, 5) is 10.8. The monoisotopic (exact) mass is 217 g/mol. The molecule has 0 aliphatic heterocycles. The van der Waals surface area contributed by atoms with E-state index < -0.39 is 11.5 Å². The Hall–Kier alpha value is -2.28. The Morgan fingerprint density at radius 2 is 1.94 bits per heavy atom. The highest BCUT2D eigenvalue weighted by Crippen LogP contribution is 2.19. The van der Waals surface area contributed by atoms with Crippen molar-refractivity contribution in [3.05, 3.63) is 41.0 Å². The van der Waals surface area contributed by atoms with Gasteiger partial charge in [0.05, 0.1) is 7.11 Å². The molecule has 1 aromatic rings. The second-order valence-electron chi connectivity index (χ2n) is 3.19. The summed E-state index contributed by atoms with van der Waals surface area (Å²) in [7, 11) is 1.34. The van der Waals surface area contributed by atoms with Gasteiger partial charge in [0.2, 0.25) is 0 Å². The summed E-state index contributed by atoms with van der Waals surface area (Å²) in [5, 5.41) is 17.6. The number of nitriles is 1. The Kier molecular flexibility index (Phi) is 3.67. The third-order valence-corrected chi connectivity index (χ3v) is 2.07. The van der Waals surface area contributed by atoms with Gasteiger partial charge < -0.3 is 9.84 Å². The van der Waals surface area contributed by atoms with E-state index >= 15 is 0 Å². The molecular weight excluding hydrogens is 206 g/mol. The van der Waals surface area contributed by atoms with Crippen molar-refractivity contribution in [3.63, 3.8) is 0 Å².